The summed E-state index contributed by atoms with van der Waals surface area (Å²) in [6, 6.07) is 0.682. The Morgan fingerprint density at radius 1 is 1.43 bits per heavy atom. The van der Waals surface area contributed by atoms with Crippen molar-refractivity contribution in [3.05, 3.63) is 0 Å². The van der Waals surface area contributed by atoms with Gasteiger partial charge in [-0.3, -0.25) is 4.79 Å². The molecular formula is C16H31N3O2. The average molecular weight is 297 g/mol. The number of hydrogen-bond acceptors (Lipinski definition) is 5. The second-order valence-corrected chi connectivity index (χ2v) is 6.95. The van der Waals surface area contributed by atoms with Gasteiger partial charge in [0.15, 0.2) is 0 Å². The van der Waals surface area contributed by atoms with Gasteiger partial charge in [0, 0.05) is 12.6 Å². The molecule has 0 radical (unpaired) electrons. The molecule has 1 aliphatic heterocycles. The molecule has 5 nitrogen and oxygen atoms in total. The zero-order valence-electron chi connectivity index (χ0n) is 13.8. The van der Waals surface area contributed by atoms with Crippen LogP contribution in [0.1, 0.15) is 38.5 Å². The summed E-state index contributed by atoms with van der Waals surface area (Å²) in [5.41, 5.74) is 5.58. The Labute approximate surface area is 128 Å². The van der Waals surface area contributed by atoms with Crippen LogP contribution in [-0.4, -0.2) is 68.2 Å². The number of carbonyl (C=O) groups is 1. The fourth-order valence-electron chi connectivity index (χ4n) is 4.00. The smallest absolute Gasteiger partial charge is 0.326 e. The van der Waals surface area contributed by atoms with Crippen LogP contribution in [0.2, 0.25) is 0 Å². The van der Waals surface area contributed by atoms with Crippen molar-refractivity contribution in [3.8, 4) is 0 Å². The molecule has 1 saturated heterocycles. The second-order valence-electron chi connectivity index (χ2n) is 6.95. The Bertz CT molecular complexity index is 363. The number of carbonyl (C=O) groups excluding carboxylic acids is 1. The molecular weight excluding hydrogens is 266 g/mol. The Morgan fingerprint density at radius 3 is 2.81 bits per heavy atom. The van der Waals surface area contributed by atoms with Gasteiger partial charge < -0.3 is 20.3 Å². The monoisotopic (exact) mass is 297 g/mol. The Morgan fingerprint density at radius 2 is 2.19 bits per heavy atom. The zero-order chi connectivity index (χ0) is 15.5. The van der Waals surface area contributed by atoms with Crippen LogP contribution >= 0.6 is 0 Å². The van der Waals surface area contributed by atoms with Gasteiger partial charge in [0.05, 0.1) is 7.11 Å². The summed E-state index contributed by atoms with van der Waals surface area (Å²) in [5.74, 6) is 0.0249. The van der Waals surface area contributed by atoms with Crippen molar-refractivity contribution in [1.29, 1.82) is 0 Å². The lowest BCUT2D eigenvalue weighted by molar-refractivity contribution is -0.148. The number of likely N-dealkylation sites (N-methyl/N-ethyl adjacent to an activating group) is 2. The molecule has 21 heavy (non-hydrogen) atoms. The molecule has 0 spiro atoms. The standard InChI is InChI=1S/C16H31N3O2/c1-18(12-14-7-5-10-19(14)2)11-8-13-6-4-9-16(13,17)15(20)21-3/h13-14H,4-12,17H2,1-3H3. The minimum atomic E-state index is -0.750. The molecule has 122 valence electrons. The van der Waals surface area contributed by atoms with Gasteiger partial charge in [-0.2, -0.15) is 0 Å². The first-order chi connectivity index (χ1) is 9.97. The van der Waals surface area contributed by atoms with Gasteiger partial charge in [0.1, 0.15) is 5.54 Å². The SMILES string of the molecule is COC(=O)C1(N)CCCC1CCN(C)CC1CCCN1C. The quantitative estimate of drug-likeness (QED) is 0.743. The van der Waals surface area contributed by atoms with Crippen molar-refractivity contribution in [1.82, 2.24) is 9.80 Å². The fraction of sp³-hybridized carbons (Fsp3) is 0.938. The molecule has 0 bridgehead atoms. The maximum atomic E-state index is 11.9. The Kier molecular flexibility index (Phi) is 5.63. The van der Waals surface area contributed by atoms with Crippen molar-refractivity contribution in [2.24, 2.45) is 11.7 Å². The molecule has 3 atom stereocenters. The average Bonchev–Trinajstić information content (AvgIpc) is 3.03. The predicted molar refractivity (Wildman–Crippen MR) is 84.0 cm³/mol. The number of ether oxygens (including phenoxy) is 1. The molecule has 1 heterocycles. The van der Waals surface area contributed by atoms with Crippen LogP contribution < -0.4 is 5.73 Å². The van der Waals surface area contributed by atoms with E-state index in [1.165, 1.54) is 26.5 Å². The molecule has 0 aromatic rings. The number of rotatable bonds is 6. The van der Waals surface area contributed by atoms with Crippen molar-refractivity contribution in [2.75, 3.05) is 40.8 Å². The van der Waals surface area contributed by atoms with Crippen LogP contribution in [0.4, 0.5) is 0 Å². The van der Waals surface area contributed by atoms with E-state index in [4.69, 9.17) is 10.5 Å². The highest BCUT2D eigenvalue weighted by Crippen LogP contribution is 2.37. The third kappa shape index (κ3) is 3.76. The third-order valence-corrected chi connectivity index (χ3v) is 5.49. The van der Waals surface area contributed by atoms with Gasteiger partial charge in [-0.25, -0.2) is 0 Å². The topological polar surface area (TPSA) is 58.8 Å². The van der Waals surface area contributed by atoms with Crippen LogP contribution in [0.5, 0.6) is 0 Å². The molecule has 3 unspecified atom stereocenters. The van der Waals surface area contributed by atoms with Gasteiger partial charge in [-0.05, 0) is 65.2 Å². The normalized spacial score (nSPS) is 33.8. The van der Waals surface area contributed by atoms with Gasteiger partial charge >= 0.3 is 5.97 Å². The van der Waals surface area contributed by atoms with Crippen molar-refractivity contribution < 1.29 is 9.53 Å². The minimum Gasteiger partial charge on any atom is -0.468 e. The van der Waals surface area contributed by atoms with E-state index in [1.54, 1.807) is 0 Å². The minimum absolute atomic E-state index is 0.233. The molecule has 2 aliphatic rings. The molecule has 0 aromatic heterocycles. The highest BCUT2D eigenvalue weighted by atomic mass is 16.5. The van der Waals surface area contributed by atoms with E-state index in [9.17, 15) is 4.79 Å². The van der Waals surface area contributed by atoms with E-state index in [-0.39, 0.29) is 11.9 Å². The Balaban J connectivity index is 1.80. The molecule has 1 saturated carbocycles. The van der Waals surface area contributed by atoms with Gasteiger partial charge in [-0.1, -0.05) is 6.42 Å². The van der Waals surface area contributed by atoms with Crippen LogP contribution in [0.3, 0.4) is 0 Å². The van der Waals surface area contributed by atoms with E-state index in [0.29, 0.717) is 6.04 Å². The van der Waals surface area contributed by atoms with Gasteiger partial charge in [0.25, 0.3) is 0 Å². The molecule has 2 fully saturated rings. The molecule has 1 aliphatic carbocycles. The van der Waals surface area contributed by atoms with Crippen LogP contribution in [0.15, 0.2) is 0 Å². The number of nitrogens with two attached hydrogens (primary N) is 1. The Hall–Kier alpha value is -0.650. The zero-order valence-corrected chi connectivity index (χ0v) is 13.8. The summed E-state index contributed by atoms with van der Waals surface area (Å²) in [6.07, 6.45) is 6.44. The highest BCUT2D eigenvalue weighted by molar-refractivity contribution is 5.81. The molecule has 2 N–H and O–H groups in total. The number of esters is 1. The molecule has 0 aromatic carbocycles. The van der Waals surface area contributed by atoms with Crippen molar-refractivity contribution in [3.63, 3.8) is 0 Å². The van der Waals surface area contributed by atoms with E-state index < -0.39 is 5.54 Å². The van der Waals surface area contributed by atoms with Crippen molar-refractivity contribution >= 4 is 5.97 Å². The summed E-state index contributed by atoms with van der Waals surface area (Å²) in [6.45, 7) is 3.33. The number of methoxy groups -OCH3 is 1. The second kappa shape index (κ2) is 7.07. The third-order valence-electron chi connectivity index (χ3n) is 5.49. The van der Waals surface area contributed by atoms with E-state index in [2.05, 4.69) is 23.9 Å². The predicted octanol–water partition coefficient (Wildman–Crippen LogP) is 1.07. The summed E-state index contributed by atoms with van der Waals surface area (Å²) < 4.78 is 4.91. The van der Waals surface area contributed by atoms with E-state index in [1.807, 2.05) is 0 Å². The summed E-state index contributed by atoms with van der Waals surface area (Å²) >= 11 is 0. The lowest BCUT2D eigenvalue weighted by Gasteiger charge is -2.31. The number of nitrogens with zero attached hydrogens (tertiary/aromatic N) is 2. The lowest BCUT2D eigenvalue weighted by Crippen LogP contribution is -2.52. The number of likely N-dealkylation sites (tertiary alicyclic amines) is 1. The van der Waals surface area contributed by atoms with E-state index in [0.717, 1.165) is 38.8 Å². The maximum Gasteiger partial charge on any atom is 0.326 e. The summed E-state index contributed by atoms with van der Waals surface area (Å²) in [5, 5.41) is 0. The largest absolute Gasteiger partial charge is 0.468 e. The molecule has 2 rings (SSSR count). The lowest BCUT2D eigenvalue weighted by atomic mass is 9.85. The molecule has 5 heteroatoms. The van der Waals surface area contributed by atoms with Crippen LogP contribution in [0, 0.1) is 5.92 Å². The van der Waals surface area contributed by atoms with Crippen molar-refractivity contribution in [2.45, 2.75) is 50.1 Å². The first-order valence-electron chi connectivity index (χ1n) is 8.23. The summed E-state index contributed by atoms with van der Waals surface area (Å²) in [7, 11) is 5.83. The number of hydrogen-bond donors (Lipinski definition) is 1. The van der Waals surface area contributed by atoms with Gasteiger partial charge in [-0.15, -0.1) is 0 Å². The first kappa shape index (κ1) is 16.7. The van der Waals surface area contributed by atoms with Crippen LogP contribution in [0.25, 0.3) is 0 Å². The fourth-order valence-corrected chi connectivity index (χ4v) is 4.00. The first-order valence-corrected chi connectivity index (χ1v) is 8.23. The van der Waals surface area contributed by atoms with E-state index >= 15 is 0 Å². The van der Waals surface area contributed by atoms with Crippen LogP contribution in [-0.2, 0) is 9.53 Å². The maximum absolute atomic E-state index is 11.9. The highest BCUT2D eigenvalue weighted by Gasteiger charge is 2.46. The van der Waals surface area contributed by atoms with Gasteiger partial charge in [0.2, 0.25) is 0 Å². The summed E-state index contributed by atoms with van der Waals surface area (Å²) in [4.78, 5) is 16.8. The molecule has 0 amide bonds.